The molecule has 116 valence electrons. The Hall–Kier alpha value is 0.354. The van der Waals surface area contributed by atoms with Crippen LogP contribution in [0.15, 0.2) is 0 Å². The molecule has 0 saturated heterocycles. The maximum Gasteiger partial charge on any atom is 0.0509 e. The van der Waals surface area contributed by atoms with Gasteiger partial charge < -0.3 is 10.2 Å². The van der Waals surface area contributed by atoms with E-state index in [2.05, 4.69) is 39.3 Å². The van der Waals surface area contributed by atoms with Crippen LogP contribution in [0, 0.1) is 5.41 Å². The summed E-state index contributed by atoms with van der Waals surface area (Å²) in [5.41, 5.74) is -0.223. The smallest absolute Gasteiger partial charge is 0.0509 e. The lowest BCUT2D eigenvalue weighted by Crippen LogP contribution is -2.32. The lowest BCUT2D eigenvalue weighted by atomic mass is 9.81. The highest BCUT2D eigenvalue weighted by Gasteiger charge is 2.29. The lowest BCUT2D eigenvalue weighted by Gasteiger charge is -2.32. The first kappa shape index (κ1) is 19.4. The zero-order chi connectivity index (χ0) is 15.2. The molecule has 0 aliphatic heterocycles. The van der Waals surface area contributed by atoms with Crippen LogP contribution in [0.1, 0.15) is 25.7 Å². The Morgan fingerprint density at radius 1 is 0.684 bits per heavy atom. The van der Waals surface area contributed by atoms with Gasteiger partial charge in [0.1, 0.15) is 0 Å². The maximum absolute atomic E-state index is 9.70. The van der Waals surface area contributed by atoms with Gasteiger partial charge in [0.15, 0.2) is 0 Å². The molecule has 0 aliphatic rings. The number of aliphatic hydroxyl groups is 2. The van der Waals surface area contributed by atoms with E-state index in [1.807, 2.05) is 0 Å². The summed E-state index contributed by atoms with van der Waals surface area (Å²) in [5.74, 6) is 0. The molecule has 0 fully saturated rings. The fourth-order valence-electron chi connectivity index (χ4n) is 2.48. The Balaban J connectivity index is 4.26. The molecular weight excluding hydrogens is 268 g/mol. The number of aliphatic hydroxyl groups excluding tert-OH is 2. The minimum Gasteiger partial charge on any atom is -0.396 e. The van der Waals surface area contributed by atoms with Crippen molar-refractivity contribution in [3.63, 3.8) is 0 Å². The Morgan fingerprint density at radius 2 is 1.00 bits per heavy atom. The topological polar surface area (TPSA) is 40.5 Å². The van der Waals surface area contributed by atoms with Crippen LogP contribution in [0.5, 0.6) is 0 Å². The van der Waals surface area contributed by atoms with Gasteiger partial charge in [-0.05, 0) is 12.8 Å². The van der Waals surface area contributed by atoms with E-state index in [0.29, 0.717) is 0 Å². The second kappa shape index (κ2) is 7.96. The van der Waals surface area contributed by atoms with Gasteiger partial charge in [-0.25, -0.2) is 0 Å². The van der Waals surface area contributed by atoms with Crippen molar-refractivity contribution in [1.29, 1.82) is 0 Å². The third-order valence-corrected chi connectivity index (χ3v) is 7.65. The molecule has 2 N–H and O–H groups in total. The quantitative estimate of drug-likeness (QED) is 0.594. The Labute approximate surface area is 122 Å². The van der Waals surface area contributed by atoms with Crippen LogP contribution < -0.4 is 0 Å². The van der Waals surface area contributed by atoms with E-state index in [-0.39, 0.29) is 18.6 Å². The van der Waals surface area contributed by atoms with Gasteiger partial charge in [0.2, 0.25) is 0 Å². The van der Waals surface area contributed by atoms with E-state index in [1.54, 1.807) is 0 Å². The maximum atomic E-state index is 9.70. The van der Waals surface area contributed by atoms with Gasteiger partial charge in [-0.2, -0.15) is 0 Å². The van der Waals surface area contributed by atoms with Crippen molar-refractivity contribution in [2.75, 3.05) is 13.2 Å². The van der Waals surface area contributed by atoms with Gasteiger partial charge in [-0.3, -0.25) is 0 Å². The molecule has 0 rings (SSSR count). The van der Waals surface area contributed by atoms with Gasteiger partial charge in [-0.1, -0.05) is 64.2 Å². The first-order chi connectivity index (χ1) is 8.54. The molecule has 0 aliphatic carbocycles. The number of hydrogen-bond donors (Lipinski definition) is 2. The summed E-state index contributed by atoms with van der Waals surface area (Å²) in [6.07, 6.45) is 4.28. The predicted molar refractivity (Wildman–Crippen MR) is 91.4 cm³/mol. The largest absolute Gasteiger partial charge is 0.396 e. The minimum atomic E-state index is -1.00. The predicted octanol–water partition coefficient (Wildman–Crippen LogP) is 4.19. The molecular formula is C15H36O2Si2. The van der Waals surface area contributed by atoms with Gasteiger partial charge in [-0.15, -0.1) is 0 Å². The molecule has 2 nitrogen and oxygen atoms in total. The molecule has 0 saturated carbocycles. The molecule has 0 spiro atoms. The van der Waals surface area contributed by atoms with Crippen LogP contribution in [0.25, 0.3) is 0 Å². The Morgan fingerprint density at radius 3 is 1.21 bits per heavy atom. The van der Waals surface area contributed by atoms with E-state index in [4.69, 9.17) is 0 Å². The minimum absolute atomic E-state index is 0.140. The second-order valence-corrected chi connectivity index (χ2v) is 19.9. The lowest BCUT2D eigenvalue weighted by molar-refractivity contribution is 0.0384. The summed E-state index contributed by atoms with van der Waals surface area (Å²) >= 11 is 0. The molecule has 0 aromatic heterocycles. The van der Waals surface area contributed by atoms with Crippen LogP contribution >= 0.6 is 0 Å². The van der Waals surface area contributed by atoms with Crippen LogP contribution in [0.2, 0.25) is 51.4 Å². The Bertz CT molecular complexity index is 216. The van der Waals surface area contributed by atoms with Crippen LogP contribution in [0.4, 0.5) is 0 Å². The van der Waals surface area contributed by atoms with Crippen molar-refractivity contribution < 1.29 is 10.2 Å². The van der Waals surface area contributed by atoms with Gasteiger partial charge >= 0.3 is 0 Å². The zero-order valence-electron chi connectivity index (χ0n) is 14.1. The van der Waals surface area contributed by atoms with E-state index in [0.717, 1.165) is 25.7 Å². The summed E-state index contributed by atoms with van der Waals surface area (Å²) in [6.45, 7) is 14.6. The third-order valence-electron chi connectivity index (χ3n) is 3.94. The molecule has 0 radical (unpaired) electrons. The summed E-state index contributed by atoms with van der Waals surface area (Å²) in [5, 5.41) is 19.4. The zero-order valence-corrected chi connectivity index (χ0v) is 16.1. The third kappa shape index (κ3) is 9.82. The highest BCUT2D eigenvalue weighted by Crippen LogP contribution is 2.32. The molecule has 0 atom stereocenters. The monoisotopic (exact) mass is 304 g/mol. The fourth-order valence-corrected chi connectivity index (χ4v) is 4.95. The molecule has 19 heavy (non-hydrogen) atoms. The molecule has 0 heterocycles. The van der Waals surface area contributed by atoms with Gasteiger partial charge in [0.25, 0.3) is 0 Å². The van der Waals surface area contributed by atoms with Gasteiger partial charge in [0, 0.05) is 21.6 Å². The summed E-state index contributed by atoms with van der Waals surface area (Å²) in [6, 6.07) is 2.59. The second-order valence-electron chi connectivity index (χ2n) is 8.64. The summed E-state index contributed by atoms with van der Waals surface area (Å²) < 4.78 is 0. The standard InChI is InChI=1S/C15H36O2Si2/c1-18(2,3)11-7-9-15(13-16,14-17)10-8-12-19(4,5)6/h16-17H,7-14H2,1-6H3. The molecule has 4 heteroatoms. The highest BCUT2D eigenvalue weighted by atomic mass is 28.3. The van der Waals surface area contributed by atoms with E-state index >= 15 is 0 Å². The normalized spacial score (nSPS) is 13.9. The van der Waals surface area contributed by atoms with Crippen LogP contribution in [-0.2, 0) is 0 Å². The van der Waals surface area contributed by atoms with E-state index in [1.165, 1.54) is 12.1 Å². The Kier molecular flexibility index (Phi) is 8.11. The van der Waals surface area contributed by atoms with Crippen LogP contribution in [-0.4, -0.2) is 39.6 Å². The van der Waals surface area contributed by atoms with E-state index < -0.39 is 16.1 Å². The van der Waals surface area contributed by atoms with Gasteiger partial charge in [0.05, 0.1) is 13.2 Å². The van der Waals surface area contributed by atoms with E-state index in [9.17, 15) is 10.2 Å². The van der Waals surface area contributed by atoms with Crippen molar-refractivity contribution >= 4 is 16.1 Å². The SMILES string of the molecule is C[Si](C)(C)CCCC(CO)(CO)CCC[Si](C)(C)C. The molecule has 0 aromatic rings. The van der Waals surface area contributed by atoms with Crippen LogP contribution in [0.3, 0.4) is 0 Å². The fraction of sp³-hybridized carbons (Fsp3) is 1.00. The molecule has 0 unspecified atom stereocenters. The summed E-state index contributed by atoms with van der Waals surface area (Å²) in [7, 11) is -2.00. The molecule has 0 amide bonds. The first-order valence-corrected chi connectivity index (χ1v) is 15.2. The van der Waals surface area contributed by atoms with Crippen molar-refractivity contribution in [3.8, 4) is 0 Å². The van der Waals surface area contributed by atoms with Crippen molar-refractivity contribution in [3.05, 3.63) is 0 Å². The van der Waals surface area contributed by atoms with Crippen molar-refractivity contribution in [2.24, 2.45) is 5.41 Å². The highest BCUT2D eigenvalue weighted by molar-refractivity contribution is 6.76. The summed E-state index contributed by atoms with van der Waals surface area (Å²) in [4.78, 5) is 0. The molecule has 0 aromatic carbocycles. The molecule has 0 bridgehead atoms. The number of rotatable bonds is 10. The average Bonchev–Trinajstić information content (AvgIpc) is 2.24. The first-order valence-electron chi connectivity index (χ1n) is 7.75. The van der Waals surface area contributed by atoms with Crippen molar-refractivity contribution in [1.82, 2.24) is 0 Å². The van der Waals surface area contributed by atoms with Crippen molar-refractivity contribution in [2.45, 2.75) is 77.1 Å². The average molecular weight is 305 g/mol. The number of hydrogen-bond acceptors (Lipinski definition) is 2.